The molecular formula is C16H25N3O2. The van der Waals surface area contributed by atoms with Gasteiger partial charge in [0.25, 0.3) is 0 Å². The standard InChI is InChI=1S/C16H25N3O2/c1-17-10-13-6-5-9-19(11-13)12-16(20)18-14-7-3-4-8-15(14)21-2/h3-4,7-8,13,17H,5-6,9-12H2,1-2H3,(H,18,20). The van der Waals surface area contributed by atoms with E-state index >= 15 is 0 Å². The van der Waals surface area contributed by atoms with E-state index in [0.29, 0.717) is 18.2 Å². The van der Waals surface area contributed by atoms with Crippen molar-refractivity contribution in [3.8, 4) is 5.75 Å². The molecule has 0 aliphatic carbocycles. The minimum absolute atomic E-state index is 0.0182. The summed E-state index contributed by atoms with van der Waals surface area (Å²) < 4.78 is 5.25. The van der Waals surface area contributed by atoms with Crippen molar-refractivity contribution in [3.05, 3.63) is 24.3 Å². The van der Waals surface area contributed by atoms with Crippen molar-refractivity contribution in [2.75, 3.05) is 45.7 Å². The maximum absolute atomic E-state index is 12.2. The van der Waals surface area contributed by atoms with E-state index in [-0.39, 0.29) is 5.91 Å². The number of para-hydroxylation sites is 2. The molecule has 2 N–H and O–H groups in total. The summed E-state index contributed by atoms with van der Waals surface area (Å²) in [7, 11) is 3.59. The molecule has 116 valence electrons. The summed E-state index contributed by atoms with van der Waals surface area (Å²) in [6.07, 6.45) is 2.40. The molecule has 0 radical (unpaired) electrons. The van der Waals surface area contributed by atoms with E-state index < -0.39 is 0 Å². The fourth-order valence-electron chi connectivity index (χ4n) is 2.89. The molecule has 0 bridgehead atoms. The minimum atomic E-state index is 0.0182. The summed E-state index contributed by atoms with van der Waals surface area (Å²) in [5.74, 6) is 1.35. The van der Waals surface area contributed by atoms with Gasteiger partial charge in [-0.05, 0) is 51.0 Å². The topological polar surface area (TPSA) is 53.6 Å². The largest absolute Gasteiger partial charge is 0.495 e. The second-order valence-electron chi connectivity index (χ2n) is 5.55. The smallest absolute Gasteiger partial charge is 0.238 e. The van der Waals surface area contributed by atoms with Crippen LogP contribution in [0.4, 0.5) is 5.69 Å². The van der Waals surface area contributed by atoms with Crippen LogP contribution in [0.15, 0.2) is 24.3 Å². The number of likely N-dealkylation sites (tertiary alicyclic amines) is 1. The van der Waals surface area contributed by atoms with Gasteiger partial charge in [0.15, 0.2) is 0 Å². The van der Waals surface area contributed by atoms with Crippen LogP contribution < -0.4 is 15.4 Å². The van der Waals surface area contributed by atoms with Crippen LogP contribution in [-0.4, -0.2) is 51.1 Å². The highest BCUT2D eigenvalue weighted by molar-refractivity contribution is 5.93. The fourth-order valence-corrected chi connectivity index (χ4v) is 2.89. The molecule has 1 aromatic carbocycles. The molecule has 5 nitrogen and oxygen atoms in total. The second kappa shape index (κ2) is 8.00. The first kappa shape index (κ1) is 15.8. The molecule has 5 heteroatoms. The molecule has 1 amide bonds. The molecule has 1 aliphatic rings. The van der Waals surface area contributed by atoms with E-state index in [0.717, 1.165) is 31.7 Å². The van der Waals surface area contributed by atoms with Crippen LogP contribution in [0.5, 0.6) is 5.75 Å². The van der Waals surface area contributed by atoms with E-state index in [2.05, 4.69) is 15.5 Å². The lowest BCUT2D eigenvalue weighted by Crippen LogP contribution is -2.42. The number of amides is 1. The van der Waals surface area contributed by atoms with Gasteiger partial charge in [0.05, 0.1) is 19.3 Å². The van der Waals surface area contributed by atoms with Crippen LogP contribution in [0.2, 0.25) is 0 Å². The molecule has 1 saturated heterocycles. The van der Waals surface area contributed by atoms with Crippen LogP contribution in [0.25, 0.3) is 0 Å². The molecule has 0 spiro atoms. The predicted octanol–water partition coefficient (Wildman–Crippen LogP) is 1.57. The molecule has 1 aliphatic heterocycles. The molecule has 1 heterocycles. The first-order valence-electron chi connectivity index (χ1n) is 7.52. The van der Waals surface area contributed by atoms with Gasteiger partial charge < -0.3 is 15.4 Å². The highest BCUT2D eigenvalue weighted by atomic mass is 16.5. The highest BCUT2D eigenvalue weighted by Gasteiger charge is 2.21. The number of nitrogens with one attached hydrogen (secondary N) is 2. The number of rotatable bonds is 6. The zero-order valence-electron chi connectivity index (χ0n) is 12.9. The van der Waals surface area contributed by atoms with Gasteiger partial charge in [-0.2, -0.15) is 0 Å². The van der Waals surface area contributed by atoms with Crippen LogP contribution >= 0.6 is 0 Å². The van der Waals surface area contributed by atoms with Gasteiger partial charge in [-0.15, -0.1) is 0 Å². The summed E-state index contributed by atoms with van der Waals surface area (Å²) in [4.78, 5) is 14.4. The van der Waals surface area contributed by atoms with Gasteiger partial charge in [0, 0.05) is 6.54 Å². The molecule has 0 saturated carbocycles. The Morgan fingerprint density at radius 3 is 3.00 bits per heavy atom. The number of carbonyl (C=O) groups is 1. The first-order valence-corrected chi connectivity index (χ1v) is 7.52. The molecule has 1 fully saturated rings. The molecule has 1 unspecified atom stereocenters. The predicted molar refractivity (Wildman–Crippen MR) is 84.7 cm³/mol. The van der Waals surface area contributed by atoms with Crippen molar-refractivity contribution in [1.29, 1.82) is 0 Å². The van der Waals surface area contributed by atoms with E-state index in [9.17, 15) is 4.79 Å². The zero-order valence-corrected chi connectivity index (χ0v) is 12.9. The number of hydrogen-bond acceptors (Lipinski definition) is 4. The fraction of sp³-hybridized carbons (Fsp3) is 0.562. The van der Waals surface area contributed by atoms with E-state index in [1.165, 1.54) is 6.42 Å². The Balaban J connectivity index is 1.86. The maximum atomic E-state index is 12.2. The number of methoxy groups -OCH3 is 1. The molecule has 0 aromatic heterocycles. The van der Waals surface area contributed by atoms with Crippen LogP contribution in [0.1, 0.15) is 12.8 Å². The summed E-state index contributed by atoms with van der Waals surface area (Å²) in [5.41, 5.74) is 0.730. The Morgan fingerprint density at radius 2 is 2.24 bits per heavy atom. The molecular weight excluding hydrogens is 266 g/mol. The average molecular weight is 291 g/mol. The summed E-state index contributed by atoms with van der Waals surface area (Å²) in [6, 6.07) is 7.49. The number of benzene rings is 1. The van der Waals surface area contributed by atoms with Gasteiger partial charge in [-0.1, -0.05) is 12.1 Å². The Bertz CT molecular complexity index is 463. The van der Waals surface area contributed by atoms with Gasteiger partial charge in [-0.3, -0.25) is 9.69 Å². The Labute approximate surface area is 126 Å². The summed E-state index contributed by atoms with van der Waals surface area (Å²) in [5, 5.41) is 6.16. The second-order valence-corrected chi connectivity index (χ2v) is 5.55. The number of piperidine rings is 1. The van der Waals surface area contributed by atoms with Crippen molar-refractivity contribution < 1.29 is 9.53 Å². The quantitative estimate of drug-likeness (QED) is 0.835. The number of ether oxygens (including phenoxy) is 1. The van der Waals surface area contributed by atoms with Crippen LogP contribution in [-0.2, 0) is 4.79 Å². The highest BCUT2D eigenvalue weighted by Crippen LogP contribution is 2.23. The lowest BCUT2D eigenvalue weighted by atomic mass is 9.98. The van der Waals surface area contributed by atoms with Crippen molar-refractivity contribution in [2.24, 2.45) is 5.92 Å². The third-order valence-electron chi connectivity index (χ3n) is 3.84. The van der Waals surface area contributed by atoms with Crippen molar-refractivity contribution in [2.45, 2.75) is 12.8 Å². The van der Waals surface area contributed by atoms with Gasteiger partial charge in [0.2, 0.25) is 5.91 Å². The van der Waals surface area contributed by atoms with Crippen molar-refractivity contribution >= 4 is 11.6 Å². The third-order valence-corrected chi connectivity index (χ3v) is 3.84. The Kier molecular flexibility index (Phi) is 6.02. The zero-order chi connectivity index (χ0) is 15.1. The normalized spacial score (nSPS) is 19.2. The van der Waals surface area contributed by atoms with E-state index in [1.54, 1.807) is 7.11 Å². The monoisotopic (exact) mass is 291 g/mol. The number of carbonyl (C=O) groups excluding carboxylic acids is 1. The van der Waals surface area contributed by atoms with Crippen molar-refractivity contribution in [1.82, 2.24) is 10.2 Å². The van der Waals surface area contributed by atoms with Gasteiger partial charge in [0.1, 0.15) is 5.75 Å². The van der Waals surface area contributed by atoms with Gasteiger partial charge in [-0.25, -0.2) is 0 Å². The maximum Gasteiger partial charge on any atom is 0.238 e. The Hall–Kier alpha value is -1.59. The minimum Gasteiger partial charge on any atom is -0.495 e. The summed E-state index contributed by atoms with van der Waals surface area (Å²) in [6.45, 7) is 3.45. The lowest BCUT2D eigenvalue weighted by Gasteiger charge is -2.32. The van der Waals surface area contributed by atoms with E-state index in [4.69, 9.17) is 4.74 Å². The van der Waals surface area contributed by atoms with E-state index in [1.807, 2.05) is 31.3 Å². The van der Waals surface area contributed by atoms with Gasteiger partial charge >= 0.3 is 0 Å². The molecule has 1 atom stereocenters. The Morgan fingerprint density at radius 1 is 1.43 bits per heavy atom. The van der Waals surface area contributed by atoms with Crippen molar-refractivity contribution in [3.63, 3.8) is 0 Å². The molecule has 2 rings (SSSR count). The average Bonchev–Trinajstić information content (AvgIpc) is 2.48. The number of nitrogens with zero attached hydrogens (tertiary/aromatic N) is 1. The first-order chi connectivity index (χ1) is 10.2. The SMILES string of the molecule is CNCC1CCCN(CC(=O)Nc2ccccc2OC)C1. The summed E-state index contributed by atoms with van der Waals surface area (Å²) >= 11 is 0. The third kappa shape index (κ3) is 4.72. The lowest BCUT2D eigenvalue weighted by molar-refractivity contribution is -0.117. The number of hydrogen-bond donors (Lipinski definition) is 2. The number of anilines is 1. The van der Waals surface area contributed by atoms with Crippen LogP contribution in [0.3, 0.4) is 0 Å². The van der Waals surface area contributed by atoms with Crippen LogP contribution in [0, 0.1) is 5.92 Å². The molecule has 21 heavy (non-hydrogen) atoms. The molecule has 1 aromatic rings.